The maximum Gasteiger partial charge on any atom is 0.469 e. The highest BCUT2D eigenvalue weighted by Gasteiger charge is 2.19. The fourth-order valence-electron chi connectivity index (χ4n) is 3.26. The van der Waals surface area contributed by atoms with E-state index in [0.717, 1.165) is 12.8 Å². The molecule has 7 nitrogen and oxygen atoms in total. The molecule has 0 unspecified atom stereocenters. The molecule has 0 bridgehead atoms. The van der Waals surface area contributed by atoms with E-state index in [9.17, 15) is 4.57 Å². The summed E-state index contributed by atoms with van der Waals surface area (Å²) in [6.45, 7) is 2.42. The zero-order chi connectivity index (χ0) is 21.6. The number of hydrogen-bond donors (Lipinski definition) is 3. The highest BCUT2D eigenvalue weighted by Crippen LogP contribution is 2.35. The van der Waals surface area contributed by atoms with Crippen LogP contribution in [0.4, 0.5) is 0 Å². The van der Waals surface area contributed by atoms with Gasteiger partial charge in [0.25, 0.3) is 0 Å². The summed E-state index contributed by atoms with van der Waals surface area (Å²) in [6.07, 6.45) is 20.1. The molecule has 0 spiro atoms. The van der Waals surface area contributed by atoms with Crippen LogP contribution in [0.15, 0.2) is 0 Å². The number of unbranched alkanes of at least 4 members (excludes halogenated alkanes) is 15. The third kappa shape index (κ3) is 24.1. The van der Waals surface area contributed by atoms with Crippen LogP contribution in [0.2, 0.25) is 0 Å². The van der Waals surface area contributed by atoms with Crippen molar-refractivity contribution in [1.29, 1.82) is 0 Å². The lowest BCUT2D eigenvalue weighted by atomic mass is 10.0. The smallest absolute Gasteiger partial charge is 0.379 e. The zero-order valence-corrected chi connectivity index (χ0v) is 19.3. The molecule has 0 radical (unpaired) electrons. The van der Waals surface area contributed by atoms with E-state index >= 15 is 0 Å². The lowest BCUT2D eigenvalue weighted by molar-refractivity contribution is -0.292. The Morgan fingerprint density at radius 2 is 1.10 bits per heavy atom. The van der Waals surface area contributed by atoms with Crippen LogP contribution in [0.1, 0.15) is 110 Å². The Morgan fingerprint density at radius 1 is 0.690 bits per heavy atom. The SMILES string of the molecule is CCCCCCCCCCCCCCCCCCOC[C@H](COP(=O)(O)O)OO. The van der Waals surface area contributed by atoms with Gasteiger partial charge in [0.05, 0.1) is 13.2 Å². The first-order valence-electron chi connectivity index (χ1n) is 11.6. The Morgan fingerprint density at radius 3 is 1.48 bits per heavy atom. The van der Waals surface area contributed by atoms with E-state index in [1.54, 1.807) is 0 Å². The van der Waals surface area contributed by atoms with Gasteiger partial charge in [-0.1, -0.05) is 103 Å². The van der Waals surface area contributed by atoms with E-state index in [0.29, 0.717) is 6.61 Å². The average Bonchev–Trinajstić information content (AvgIpc) is 2.68. The van der Waals surface area contributed by atoms with Crippen molar-refractivity contribution in [2.24, 2.45) is 0 Å². The van der Waals surface area contributed by atoms with Crippen molar-refractivity contribution in [3.05, 3.63) is 0 Å². The van der Waals surface area contributed by atoms with Crippen molar-refractivity contribution >= 4 is 7.82 Å². The molecule has 0 aromatic rings. The van der Waals surface area contributed by atoms with Crippen molar-refractivity contribution in [1.82, 2.24) is 0 Å². The Balaban J connectivity index is 3.22. The van der Waals surface area contributed by atoms with E-state index in [-0.39, 0.29) is 6.61 Å². The number of hydrogen-bond acceptors (Lipinski definition) is 5. The Kier molecular flexibility index (Phi) is 21.2. The van der Waals surface area contributed by atoms with Gasteiger partial charge in [-0.2, -0.15) is 0 Å². The van der Waals surface area contributed by atoms with Crippen molar-refractivity contribution in [2.45, 2.75) is 116 Å². The van der Waals surface area contributed by atoms with E-state index < -0.39 is 20.5 Å². The average molecular weight is 441 g/mol. The van der Waals surface area contributed by atoms with Gasteiger partial charge in [0.2, 0.25) is 0 Å². The van der Waals surface area contributed by atoms with Crippen LogP contribution in [0, 0.1) is 0 Å². The molecule has 0 saturated heterocycles. The van der Waals surface area contributed by atoms with Crippen LogP contribution in [0.5, 0.6) is 0 Å². The summed E-state index contributed by atoms with van der Waals surface area (Å²) in [7, 11) is -4.56. The number of phosphoric acid groups is 1. The topological polar surface area (TPSA) is 105 Å². The van der Waals surface area contributed by atoms with Gasteiger partial charge < -0.3 is 14.5 Å². The summed E-state index contributed by atoms with van der Waals surface area (Å²) in [5.41, 5.74) is 0. The highest BCUT2D eigenvalue weighted by molar-refractivity contribution is 7.46. The van der Waals surface area contributed by atoms with Gasteiger partial charge in [-0.25, -0.2) is 9.45 Å². The minimum atomic E-state index is -4.56. The third-order valence-electron chi connectivity index (χ3n) is 5.02. The second-order valence-electron chi connectivity index (χ2n) is 7.89. The lowest BCUT2D eigenvalue weighted by Crippen LogP contribution is -2.24. The van der Waals surface area contributed by atoms with Crippen molar-refractivity contribution in [3.63, 3.8) is 0 Å². The largest absolute Gasteiger partial charge is 0.469 e. The van der Waals surface area contributed by atoms with Crippen LogP contribution >= 0.6 is 7.82 Å². The van der Waals surface area contributed by atoms with Crippen LogP contribution in [-0.2, 0) is 18.7 Å². The maximum absolute atomic E-state index is 10.6. The Hall–Kier alpha value is -0.0100. The predicted molar refractivity (Wildman–Crippen MR) is 116 cm³/mol. The molecular formula is C21H45O7P. The predicted octanol–water partition coefficient (Wildman–Crippen LogP) is 6.23. The van der Waals surface area contributed by atoms with E-state index in [4.69, 9.17) is 19.8 Å². The summed E-state index contributed by atoms with van der Waals surface area (Å²) in [4.78, 5) is 21.3. The standard InChI is InChI=1S/C21H45O7P/c1-2-3-4-5-6-7-8-9-10-11-12-13-14-15-16-17-18-26-19-21(28-22)20-27-29(23,24)25/h21-22H,2-20H2,1H3,(H2,23,24,25)/t21-/m1/s1. The quantitative estimate of drug-likeness (QED) is 0.0748. The fourth-order valence-corrected chi connectivity index (χ4v) is 3.62. The number of rotatable bonds is 23. The molecule has 176 valence electrons. The van der Waals surface area contributed by atoms with Crippen molar-refractivity contribution in [2.75, 3.05) is 19.8 Å². The van der Waals surface area contributed by atoms with Gasteiger partial charge in [0, 0.05) is 6.61 Å². The van der Waals surface area contributed by atoms with Crippen LogP contribution < -0.4 is 0 Å². The second-order valence-corrected chi connectivity index (χ2v) is 9.13. The normalized spacial score (nSPS) is 13.1. The molecule has 1 atom stereocenters. The summed E-state index contributed by atoms with van der Waals surface area (Å²) in [5.74, 6) is 0. The van der Waals surface area contributed by atoms with Crippen molar-refractivity contribution < 1.29 is 33.8 Å². The first kappa shape index (κ1) is 29.0. The lowest BCUT2D eigenvalue weighted by Gasteiger charge is -2.14. The van der Waals surface area contributed by atoms with Gasteiger partial charge in [0.15, 0.2) is 0 Å². The zero-order valence-electron chi connectivity index (χ0n) is 18.4. The van der Waals surface area contributed by atoms with Crippen molar-refractivity contribution in [3.8, 4) is 0 Å². The van der Waals surface area contributed by atoms with Crippen LogP contribution in [-0.4, -0.2) is 41.0 Å². The van der Waals surface area contributed by atoms with Gasteiger partial charge in [-0.3, -0.25) is 9.78 Å². The molecule has 8 heteroatoms. The van der Waals surface area contributed by atoms with Gasteiger partial charge >= 0.3 is 7.82 Å². The monoisotopic (exact) mass is 440 g/mol. The summed E-state index contributed by atoms with van der Waals surface area (Å²) < 4.78 is 20.2. The summed E-state index contributed by atoms with van der Waals surface area (Å²) in [5, 5.41) is 8.65. The molecular weight excluding hydrogens is 395 g/mol. The molecule has 0 heterocycles. The van der Waals surface area contributed by atoms with E-state index in [1.165, 1.54) is 89.9 Å². The molecule has 0 saturated carbocycles. The molecule has 0 aliphatic heterocycles. The molecule has 0 aliphatic carbocycles. The van der Waals surface area contributed by atoms with Crippen LogP contribution in [0.3, 0.4) is 0 Å². The minimum Gasteiger partial charge on any atom is -0.379 e. The molecule has 0 aromatic heterocycles. The second kappa shape index (κ2) is 21.2. The Bertz CT molecular complexity index is 376. The summed E-state index contributed by atoms with van der Waals surface area (Å²) >= 11 is 0. The van der Waals surface area contributed by atoms with Gasteiger partial charge in [-0.05, 0) is 6.42 Å². The molecule has 0 rings (SSSR count). The third-order valence-corrected chi connectivity index (χ3v) is 5.51. The summed E-state index contributed by atoms with van der Waals surface area (Å²) in [6, 6.07) is 0. The molecule has 3 N–H and O–H groups in total. The van der Waals surface area contributed by atoms with E-state index in [1.807, 2.05) is 0 Å². The van der Waals surface area contributed by atoms with Gasteiger partial charge in [0.1, 0.15) is 6.10 Å². The number of ether oxygens (including phenoxy) is 1. The Labute approximate surface area is 177 Å². The first-order chi connectivity index (χ1) is 14.0. The number of phosphoric ester groups is 1. The van der Waals surface area contributed by atoms with Gasteiger partial charge in [-0.15, -0.1) is 0 Å². The maximum atomic E-state index is 10.6. The fraction of sp³-hybridized carbons (Fsp3) is 1.00. The minimum absolute atomic E-state index is 0.0369. The molecule has 0 aliphatic rings. The molecule has 0 fully saturated rings. The molecule has 29 heavy (non-hydrogen) atoms. The first-order valence-corrected chi connectivity index (χ1v) is 13.1. The molecule has 0 aromatic carbocycles. The molecule has 0 amide bonds. The highest BCUT2D eigenvalue weighted by atomic mass is 31.2. The van der Waals surface area contributed by atoms with E-state index in [2.05, 4.69) is 16.3 Å². The van der Waals surface area contributed by atoms with Crippen LogP contribution in [0.25, 0.3) is 0 Å².